The normalized spacial score (nSPS) is 15.6. The number of ether oxygens (including phenoxy) is 1. The maximum absolute atomic E-state index is 5.15. The van der Waals surface area contributed by atoms with Gasteiger partial charge in [-0.05, 0) is 43.6 Å². The van der Waals surface area contributed by atoms with E-state index in [1.54, 1.807) is 7.11 Å². The molecule has 1 aromatic carbocycles. The molecule has 0 bridgehead atoms. The number of nitrogens with zero attached hydrogens (tertiary/aromatic N) is 1. The molecule has 1 heterocycles. The Labute approximate surface area is 116 Å². The van der Waals surface area contributed by atoms with Gasteiger partial charge in [0.1, 0.15) is 5.75 Å². The maximum Gasteiger partial charge on any atom is 0.118 e. The van der Waals surface area contributed by atoms with Crippen LogP contribution >= 0.6 is 24.8 Å². The topological polar surface area (TPSA) is 12.5 Å². The Morgan fingerprint density at radius 3 is 2.12 bits per heavy atom. The largest absolute Gasteiger partial charge is 0.497 e. The minimum Gasteiger partial charge on any atom is -0.497 e. The van der Waals surface area contributed by atoms with Crippen LogP contribution in [-0.2, 0) is 6.54 Å². The van der Waals surface area contributed by atoms with E-state index >= 15 is 0 Å². The zero-order valence-corrected chi connectivity index (χ0v) is 11.9. The highest BCUT2D eigenvalue weighted by atomic mass is 35.5. The van der Waals surface area contributed by atoms with E-state index in [0.29, 0.717) is 0 Å². The molecule has 1 aliphatic heterocycles. The van der Waals surface area contributed by atoms with Crippen LogP contribution in [0.4, 0.5) is 0 Å². The molecule has 2 rings (SSSR count). The molecule has 1 fully saturated rings. The fraction of sp³-hybridized carbons (Fsp3) is 0.538. The van der Waals surface area contributed by atoms with Crippen molar-refractivity contribution in [2.24, 2.45) is 0 Å². The standard InChI is InChI=1S/C13H19NO.2ClH/c1-15-13-7-5-12(6-8-13)11-14-9-3-2-4-10-14;;/h5-8H,2-4,9-11H2,1H3;2*1H. The second kappa shape index (κ2) is 8.62. The van der Waals surface area contributed by atoms with Gasteiger partial charge in [0.25, 0.3) is 0 Å². The highest BCUT2D eigenvalue weighted by molar-refractivity contribution is 5.85. The van der Waals surface area contributed by atoms with Crippen LogP contribution in [0.15, 0.2) is 24.3 Å². The van der Waals surface area contributed by atoms with E-state index in [9.17, 15) is 0 Å². The van der Waals surface area contributed by atoms with Crippen LogP contribution in [-0.4, -0.2) is 25.1 Å². The van der Waals surface area contributed by atoms with E-state index in [0.717, 1.165) is 12.3 Å². The number of methoxy groups -OCH3 is 1. The van der Waals surface area contributed by atoms with Gasteiger partial charge >= 0.3 is 0 Å². The summed E-state index contributed by atoms with van der Waals surface area (Å²) in [7, 11) is 1.71. The molecule has 0 spiro atoms. The van der Waals surface area contributed by atoms with Crippen LogP contribution in [0.1, 0.15) is 24.8 Å². The van der Waals surface area contributed by atoms with Gasteiger partial charge in [0.15, 0.2) is 0 Å². The number of benzene rings is 1. The lowest BCUT2D eigenvalue weighted by atomic mass is 10.1. The predicted octanol–water partition coefficient (Wildman–Crippen LogP) is 3.52. The summed E-state index contributed by atoms with van der Waals surface area (Å²) in [6.45, 7) is 3.60. The Balaban J connectivity index is 0.00000128. The van der Waals surface area contributed by atoms with Crippen molar-refractivity contribution >= 4 is 24.8 Å². The Hall–Kier alpha value is -0.440. The maximum atomic E-state index is 5.15. The van der Waals surface area contributed by atoms with E-state index in [4.69, 9.17) is 4.74 Å². The average molecular weight is 278 g/mol. The third-order valence-electron chi connectivity index (χ3n) is 3.01. The van der Waals surface area contributed by atoms with Gasteiger partial charge in [-0.3, -0.25) is 4.90 Å². The van der Waals surface area contributed by atoms with Gasteiger partial charge in [0.05, 0.1) is 7.11 Å². The van der Waals surface area contributed by atoms with Crippen molar-refractivity contribution in [3.8, 4) is 5.75 Å². The highest BCUT2D eigenvalue weighted by Gasteiger charge is 2.09. The van der Waals surface area contributed by atoms with Crippen LogP contribution < -0.4 is 4.74 Å². The first-order chi connectivity index (χ1) is 7.38. The Bertz CT molecular complexity index is 297. The molecule has 0 atom stereocenters. The van der Waals surface area contributed by atoms with Crippen molar-refractivity contribution in [3.05, 3.63) is 29.8 Å². The van der Waals surface area contributed by atoms with Crippen LogP contribution in [0, 0.1) is 0 Å². The fourth-order valence-electron chi connectivity index (χ4n) is 2.11. The van der Waals surface area contributed by atoms with Crippen LogP contribution in [0.25, 0.3) is 0 Å². The van der Waals surface area contributed by atoms with Crippen molar-refractivity contribution in [2.75, 3.05) is 20.2 Å². The molecule has 0 N–H and O–H groups in total. The molecule has 0 aliphatic carbocycles. The van der Waals surface area contributed by atoms with Crippen LogP contribution in [0.5, 0.6) is 5.75 Å². The van der Waals surface area contributed by atoms with Gasteiger partial charge in [0, 0.05) is 6.54 Å². The molecule has 0 amide bonds. The number of piperidine rings is 1. The minimum absolute atomic E-state index is 0. The molecule has 0 saturated carbocycles. The average Bonchev–Trinajstić information content (AvgIpc) is 2.31. The summed E-state index contributed by atoms with van der Waals surface area (Å²) in [5.74, 6) is 0.942. The van der Waals surface area contributed by atoms with Crippen LogP contribution in [0.3, 0.4) is 0 Å². The minimum atomic E-state index is 0. The second-order valence-electron chi connectivity index (χ2n) is 4.18. The summed E-state index contributed by atoms with van der Waals surface area (Å²) in [4.78, 5) is 2.53. The number of rotatable bonds is 3. The monoisotopic (exact) mass is 277 g/mol. The van der Waals surface area contributed by atoms with E-state index in [2.05, 4.69) is 17.0 Å². The van der Waals surface area contributed by atoms with E-state index in [1.807, 2.05) is 12.1 Å². The van der Waals surface area contributed by atoms with Gasteiger partial charge < -0.3 is 4.74 Å². The zero-order valence-electron chi connectivity index (χ0n) is 10.2. The quantitative estimate of drug-likeness (QED) is 0.838. The van der Waals surface area contributed by atoms with Gasteiger partial charge in [-0.2, -0.15) is 0 Å². The first-order valence-corrected chi connectivity index (χ1v) is 5.74. The van der Waals surface area contributed by atoms with E-state index < -0.39 is 0 Å². The molecule has 2 nitrogen and oxygen atoms in total. The third-order valence-corrected chi connectivity index (χ3v) is 3.01. The molecule has 1 saturated heterocycles. The number of hydrogen-bond donors (Lipinski definition) is 0. The molecule has 0 radical (unpaired) electrons. The third kappa shape index (κ3) is 5.15. The number of halogens is 2. The molecule has 1 aliphatic rings. The number of likely N-dealkylation sites (tertiary alicyclic amines) is 1. The molecule has 0 aromatic heterocycles. The van der Waals surface area contributed by atoms with E-state index in [1.165, 1.54) is 37.9 Å². The van der Waals surface area contributed by atoms with Crippen molar-refractivity contribution in [2.45, 2.75) is 25.8 Å². The molecule has 1 aromatic rings. The highest BCUT2D eigenvalue weighted by Crippen LogP contribution is 2.15. The SMILES string of the molecule is COc1ccc(CN2CCCCC2)cc1.Cl.Cl. The van der Waals surface area contributed by atoms with Gasteiger partial charge in [-0.25, -0.2) is 0 Å². The zero-order chi connectivity index (χ0) is 10.5. The lowest BCUT2D eigenvalue weighted by Crippen LogP contribution is -2.28. The molecular weight excluding hydrogens is 257 g/mol. The first-order valence-electron chi connectivity index (χ1n) is 5.74. The fourth-order valence-corrected chi connectivity index (χ4v) is 2.11. The number of hydrogen-bond acceptors (Lipinski definition) is 2. The Morgan fingerprint density at radius 1 is 1.00 bits per heavy atom. The summed E-state index contributed by atoms with van der Waals surface area (Å²) in [6.07, 6.45) is 4.12. The van der Waals surface area contributed by atoms with Crippen molar-refractivity contribution in [3.63, 3.8) is 0 Å². The van der Waals surface area contributed by atoms with Crippen molar-refractivity contribution in [1.82, 2.24) is 4.90 Å². The molecule has 17 heavy (non-hydrogen) atoms. The summed E-state index contributed by atoms with van der Waals surface area (Å²) in [5, 5.41) is 0. The van der Waals surface area contributed by atoms with Crippen molar-refractivity contribution < 1.29 is 4.74 Å². The summed E-state index contributed by atoms with van der Waals surface area (Å²) >= 11 is 0. The Kier molecular flexibility index (Phi) is 8.40. The smallest absolute Gasteiger partial charge is 0.118 e. The van der Waals surface area contributed by atoms with Gasteiger partial charge in [0.2, 0.25) is 0 Å². The summed E-state index contributed by atoms with van der Waals surface area (Å²) in [5.41, 5.74) is 1.39. The predicted molar refractivity (Wildman–Crippen MR) is 76.6 cm³/mol. The lowest BCUT2D eigenvalue weighted by Gasteiger charge is -2.26. The van der Waals surface area contributed by atoms with Gasteiger partial charge in [-0.1, -0.05) is 18.6 Å². The Morgan fingerprint density at radius 2 is 1.59 bits per heavy atom. The molecule has 4 heteroatoms. The van der Waals surface area contributed by atoms with Crippen molar-refractivity contribution in [1.29, 1.82) is 0 Å². The summed E-state index contributed by atoms with van der Waals surface area (Å²) in [6, 6.07) is 8.40. The van der Waals surface area contributed by atoms with Gasteiger partial charge in [-0.15, -0.1) is 24.8 Å². The van der Waals surface area contributed by atoms with E-state index in [-0.39, 0.29) is 24.8 Å². The second-order valence-corrected chi connectivity index (χ2v) is 4.18. The molecule has 0 unspecified atom stereocenters. The first kappa shape index (κ1) is 16.6. The molecule has 98 valence electrons. The van der Waals surface area contributed by atoms with Crippen LogP contribution in [0.2, 0.25) is 0 Å². The molecular formula is C13H21Cl2NO. The lowest BCUT2D eigenvalue weighted by molar-refractivity contribution is 0.221. The summed E-state index contributed by atoms with van der Waals surface area (Å²) < 4.78 is 5.15.